The molecule has 0 saturated heterocycles. The highest BCUT2D eigenvalue weighted by atomic mass is 32.2. The maximum absolute atomic E-state index is 2.57. The predicted molar refractivity (Wildman–Crippen MR) is 164 cm³/mol. The summed E-state index contributed by atoms with van der Waals surface area (Å²) in [7, 11) is 0. The maximum Gasteiger partial charge on any atom is 0.0818 e. The standard InChI is InChI=1S/C36H26N2S/c1-24-21-27-22-28(37-20-19-26-13-5-6-14-30(26)37)23-29(25-11-3-2-4-12-25)35(27)36(24)38-31-15-7-9-17-33(31)39-34-18-10-8-16-32(34)38/h2-23,36H,1H3. The molecule has 3 heteroatoms. The van der Waals surface area contributed by atoms with E-state index in [-0.39, 0.29) is 6.04 Å². The molecule has 1 atom stereocenters. The predicted octanol–water partition coefficient (Wildman–Crippen LogP) is 10.1. The van der Waals surface area contributed by atoms with E-state index in [0.717, 1.165) is 0 Å². The Balaban J connectivity index is 1.39. The van der Waals surface area contributed by atoms with Gasteiger partial charge in [-0.3, -0.25) is 0 Å². The average molecular weight is 519 g/mol. The van der Waals surface area contributed by atoms with Gasteiger partial charge in [0.2, 0.25) is 0 Å². The molecule has 2 nitrogen and oxygen atoms in total. The van der Waals surface area contributed by atoms with Crippen LogP contribution in [-0.4, -0.2) is 4.57 Å². The van der Waals surface area contributed by atoms with E-state index >= 15 is 0 Å². The van der Waals surface area contributed by atoms with Gasteiger partial charge in [0, 0.05) is 21.7 Å². The van der Waals surface area contributed by atoms with E-state index in [1.54, 1.807) is 0 Å². The van der Waals surface area contributed by atoms with Gasteiger partial charge in [-0.25, -0.2) is 0 Å². The van der Waals surface area contributed by atoms with Crippen LogP contribution in [0.5, 0.6) is 0 Å². The van der Waals surface area contributed by atoms with Crippen molar-refractivity contribution in [3.05, 3.63) is 144 Å². The Labute approximate surface area is 232 Å². The van der Waals surface area contributed by atoms with Crippen molar-refractivity contribution < 1.29 is 0 Å². The third kappa shape index (κ3) is 3.50. The van der Waals surface area contributed by atoms with Crippen LogP contribution < -0.4 is 4.90 Å². The number of para-hydroxylation sites is 3. The van der Waals surface area contributed by atoms with Gasteiger partial charge in [-0.05, 0) is 88.7 Å². The summed E-state index contributed by atoms with van der Waals surface area (Å²) in [5.74, 6) is 0. The van der Waals surface area contributed by atoms with E-state index in [0.29, 0.717) is 0 Å². The van der Waals surface area contributed by atoms with Gasteiger partial charge in [0.05, 0.1) is 22.9 Å². The highest BCUT2D eigenvalue weighted by molar-refractivity contribution is 7.99. The Kier molecular flexibility index (Phi) is 5.07. The van der Waals surface area contributed by atoms with Crippen molar-refractivity contribution >= 4 is 40.1 Å². The summed E-state index contributed by atoms with van der Waals surface area (Å²) in [6, 6.07) is 44.2. The summed E-state index contributed by atoms with van der Waals surface area (Å²) in [4.78, 5) is 5.17. The minimum atomic E-state index is 0.105. The molecule has 1 unspecified atom stereocenters. The normalized spacial score (nSPS) is 15.6. The molecule has 0 N–H and O–H groups in total. The van der Waals surface area contributed by atoms with Gasteiger partial charge >= 0.3 is 0 Å². The van der Waals surface area contributed by atoms with Crippen LogP contribution in [0.25, 0.3) is 33.8 Å². The van der Waals surface area contributed by atoms with E-state index in [1.165, 1.54) is 65.6 Å². The van der Waals surface area contributed by atoms with Crippen LogP contribution in [0.15, 0.2) is 143 Å². The lowest BCUT2D eigenvalue weighted by molar-refractivity contribution is 0.801. The van der Waals surface area contributed by atoms with Gasteiger partial charge in [0.1, 0.15) is 0 Å². The minimum absolute atomic E-state index is 0.105. The smallest absolute Gasteiger partial charge is 0.0818 e. The van der Waals surface area contributed by atoms with Crippen molar-refractivity contribution in [2.24, 2.45) is 0 Å². The lowest BCUT2D eigenvalue weighted by Crippen LogP contribution is -2.26. The molecule has 1 aliphatic carbocycles. The number of aromatic nitrogens is 1. The van der Waals surface area contributed by atoms with Crippen LogP contribution >= 0.6 is 11.8 Å². The molecule has 186 valence electrons. The first kappa shape index (κ1) is 22.5. The fourth-order valence-corrected chi connectivity index (χ4v) is 7.36. The molecule has 0 fully saturated rings. The Morgan fingerprint density at radius 2 is 1.33 bits per heavy atom. The molecule has 1 aromatic heterocycles. The van der Waals surface area contributed by atoms with Crippen molar-refractivity contribution in [2.75, 3.05) is 4.90 Å². The fourth-order valence-electron chi connectivity index (χ4n) is 6.28. The second kappa shape index (κ2) is 8.79. The molecule has 0 bridgehead atoms. The molecule has 0 saturated carbocycles. The molecule has 6 aromatic rings. The second-order valence-electron chi connectivity index (χ2n) is 10.3. The number of hydrogen-bond donors (Lipinski definition) is 0. The van der Waals surface area contributed by atoms with E-state index in [1.807, 2.05) is 11.8 Å². The topological polar surface area (TPSA) is 8.17 Å². The summed E-state index contributed by atoms with van der Waals surface area (Å²) in [5.41, 5.74) is 11.5. The zero-order chi connectivity index (χ0) is 25.9. The molecule has 8 rings (SSSR count). The number of hydrogen-bond acceptors (Lipinski definition) is 2. The lowest BCUT2D eigenvalue weighted by atomic mass is 9.91. The minimum Gasteiger partial charge on any atom is -0.328 e. The summed E-state index contributed by atoms with van der Waals surface area (Å²) in [6.07, 6.45) is 4.59. The zero-order valence-corrected chi connectivity index (χ0v) is 22.4. The molecule has 5 aromatic carbocycles. The molecule has 0 amide bonds. The van der Waals surface area contributed by atoms with E-state index in [9.17, 15) is 0 Å². The second-order valence-corrected chi connectivity index (χ2v) is 11.4. The molecule has 0 radical (unpaired) electrons. The van der Waals surface area contributed by atoms with Gasteiger partial charge in [-0.15, -0.1) is 0 Å². The number of benzene rings is 5. The third-order valence-corrected chi connectivity index (χ3v) is 9.11. The monoisotopic (exact) mass is 518 g/mol. The van der Waals surface area contributed by atoms with Crippen LogP contribution in [0.3, 0.4) is 0 Å². The number of rotatable bonds is 3. The first-order valence-corrected chi connectivity index (χ1v) is 14.2. The Bertz CT molecular complexity index is 1870. The third-order valence-electron chi connectivity index (χ3n) is 7.97. The Hall–Kier alpha value is -4.47. The SMILES string of the molecule is CC1=Cc2cc(-n3ccc4ccccc43)cc(-c3ccccc3)c2C1N1c2ccccc2Sc2ccccc21. The van der Waals surface area contributed by atoms with Crippen LogP contribution in [0.4, 0.5) is 11.4 Å². The highest BCUT2D eigenvalue weighted by Gasteiger charge is 2.36. The molecule has 2 heterocycles. The summed E-state index contributed by atoms with van der Waals surface area (Å²) in [6.45, 7) is 2.29. The largest absolute Gasteiger partial charge is 0.328 e. The van der Waals surface area contributed by atoms with Crippen LogP contribution in [-0.2, 0) is 0 Å². The van der Waals surface area contributed by atoms with Gasteiger partial charge < -0.3 is 9.47 Å². The number of anilines is 2. The van der Waals surface area contributed by atoms with Crippen LogP contribution in [0, 0.1) is 0 Å². The quantitative estimate of drug-likeness (QED) is 0.230. The van der Waals surface area contributed by atoms with E-state index < -0.39 is 0 Å². The van der Waals surface area contributed by atoms with Crippen molar-refractivity contribution in [3.8, 4) is 16.8 Å². The first-order chi connectivity index (χ1) is 19.3. The number of nitrogens with zero attached hydrogens (tertiary/aromatic N) is 2. The molecule has 39 heavy (non-hydrogen) atoms. The van der Waals surface area contributed by atoms with Crippen molar-refractivity contribution in [3.63, 3.8) is 0 Å². The van der Waals surface area contributed by atoms with E-state index in [2.05, 4.69) is 150 Å². The molecular formula is C36H26N2S. The van der Waals surface area contributed by atoms with Crippen LogP contribution in [0.1, 0.15) is 24.1 Å². The van der Waals surface area contributed by atoms with Crippen molar-refractivity contribution in [1.82, 2.24) is 4.57 Å². The lowest BCUT2D eigenvalue weighted by Gasteiger charge is -2.39. The first-order valence-electron chi connectivity index (χ1n) is 13.4. The van der Waals surface area contributed by atoms with Crippen molar-refractivity contribution in [1.29, 1.82) is 0 Å². The molecule has 2 aliphatic rings. The summed E-state index contributed by atoms with van der Waals surface area (Å²) >= 11 is 1.87. The Morgan fingerprint density at radius 3 is 2.10 bits per heavy atom. The van der Waals surface area contributed by atoms with Gasteiger partial charge in [-0.2, -0.15) is 0 Å². The van der Waals surface area contributed by atoms with Gasteiger partial charge in [0.25, 0.3) is 0 Å². The molecule has 0 spiro atoms. The molecule has 1 aliphatic heterocycles. The fraction of sp³-hybridized carbons (Fsp3) is 0.0556. The maximum atomic E-state index is 2.57. The average Bonchev–Trinajstić information content (AvgIpc) is 3.56. The number of fused-ring (bicyclic) bond motifs is 4. The van der Waals surface area contributed by atoms with Gasteiger partial charge in [-0.1, -0.05) is 90.6 Å². The Morgan fingerprint density at radius 1 is 0.667 bits per heavy atom. The van der Waals surface area contributed by atoms with Gasteiger partial charge in [0.15, 0.2) is 0 Å². The van der Waals surface area contributed by atoms with Crippen molar-refractivity contribution in [2.45, 2.75) is 22.8 Å². The molecular weight excluding hydrogens is 492 g/mol. The van der Waals surface area contributed by atoms with Crippen LogP contribution in [0.2, 0.25) is 0 Å². The summed E-state index contributed by atoms with van der Waals surface area (Å²) < 4.78 is 2.32. The highest BCUT2D eigenvalue weighted by Crippen LogP contribution is 2.55. The zero-order valence-electron chi connectivity index (χ0n) is 21.6. The van der Waals surface area contributed by atoms with E-state index in [4.69, 9.17) is 0 Å². The summed E-state index contributed by atoms with van der Waals surface area (Å²) in [5, 5.41) is 1.25.